The number of carbonyl (C=O) groups excluding carboxylic acids is 2. The molecular weight excluding hydrogens is 364 g/mol. The molecule has 1 heterocycles. The molecule has 0 atom stereocenters. The molecule has 1 aliphatic carbocycles. The first-order valence-electron chi connectivity index (χ1n) is 10.5. The van der Waals surface area contributed by atoms with Gasteiger partial charge in [-0.1, -0.05) is 18.2 Å². The van der Waals surface area contributed by atoms with Gasteiger partial charge in [-0.25, -0.2) is 0 Å². The van der Waals surface area contributed by atoms with Gasteiger partial charge >= 0.3 is 0 Å². The molecule has 2 amide bonds. The van der Waals surface area contributed by atoms with Crippen LogP contribution in [0.15, 0.2) is 48.5 Å². The van der Waals surface area contributed by atoms with E-state index in [1.807, 2.05) is 42.5 Å². The number of anilines is 1. The molecule has 4 rings (SSSR count). The fourth-order valence-corrected chi connectivity index (χ4v) is 3.98. The summed E-state index contributed by atoms with van der Waals surface area (Å²) >= 11 is 0. The average molecular weight is 392 g/mol. The standard InChI is InChI=1S/C24H28N2O3/c1-29-22-4-2-3-21(16-22)25-23(27)19-7-5-17(6-8-19)15-18-11-13-26(14-12-18)24(28)20-9-10-20/h2-8,16,18,20H,9-15H2,1H3,(H,25,27). The summed E-state index contributed by atoms with van der Waals surface area (Å²) in [5.41, 5.74) is 2.60. The Bertz CT molecular complexity index is 866. The second-order valence-corrected chi connectivity index (χ2v) is 8.13. The minimum absolute atomic E-state index is 0.128. The van der Waals surface area contributed by atoms with E-state index in [1.165, 1.54) is 5.56 Å². The van der Waals surface area contributed by atoms with E-state index in [0.717, 1.165) is 45.2 Å². The van der Waals surface area contributed by atoms with Crippen LogP contribution in [0.4, 0.5) is 5.69 Å². The van der Waals surface area contributed by atoms with Crippen molar-refractivity contribution < 1.29 is 14.3 Å². The van der Waals surface area contributed by atoms with Gasteiger partial charge in [0.1, 0.15) is 5.75 Å². The molecule has 0 bridgehead atoms. The number of nitrogens with one attached hydrogen (secondary N) is 1. The highest BCUT2D eigenvalue weighted by Crippen LogP contribution is 2.33. The van der Waals surface area contributed by atoms with Crippen LogP contribution in [0.25, 0.3) is 0 Å². The second-order valence-electron chi connectivity index (χ2n) is 8.13. The number of ether oxygens (including phenoxy) is 1. The van der Waals surface area contributed by atoms with Gasteiger partial charge in [0.05, 0.1) is 7.11 Å². The lowest BCUT2D eigenvalue weighted by Crippen LogP contribution is -2.39. The van der Waals surface area contributed by atoms with Gasteiger partial charge in [-0.2, -0.15) is 0 Å². The first kappa shape index (κ1) is 19.5. The zero-order valence-electron chi connectivity index (χ0n) is 16.9. The molecule has 0 unspecified atom stereocenters. The molecule has 29 heavy (non-hydrogen) atoms. The van der Waals surface area contributed by atoms with Crippen molar-refractivity contribution in [2.24, 2.45) is 11.8 Å². The molecule has 0 spiro atoms. The number of hydrogen-bond donors (Lipinski definition) is 1. The van der Waals surface area contributed by atoms with Crippen LogP contribution >= 0.6 is 0 Å². The highest BCUT2D eigenvalue weighted by atomic mass is 16.5. The number of carbonyl (C=O) groups is 2. The Balaban J connectivity index is 1.28. The molecule has 1 N–H and O–H groups in total. The number of benzene rings is 2. The number of amides is 2. The largest absolute Gasteiger partial charge is 0.497 e. The van der Waals surface area contributed by atoms with Crippen LogP contribution in [0.3, 0.4) is 0 Å². The van der Waals surface area contributed by atoms with Crippen LogP contribution in [0.1, 0.15) is 41.6 Å². The monoisotopic (exact) mass is 392 g/mol. The molecule has 1 saturated heterocycles. The van der Waals surface area contributed by atoms with Gasteiger partial charge in [0.25, 0.3) is 5.91 Å². The van der Waals surface area contributed by atoms with Gasteiger partial charge in [0.2, 0.25) is 5.91 Å². The molecule has 2 aliphatic rings. The van der Waals surface area contributed by atoms with Gasteiger partial charge in [-0.15, -0.1) is 0 Å². The molecule has 0 radical (unpaired) electrons. The van der Waals surface area contributed by atoms with Crippen LogP contribution in [0.5, 0.6) is 5.75 Å². The van der Waals surface area contributed by atoms with Crippen molar-refractivity contribution >= 4 is 17.5 Å². The van der Waals surface area contributed by atoms with E-state index in [4.69, 9.17) is 4.74 Å². The normalized spacial score (nSPS) is 17.1. The van der Waals surface area contributed by atoms with E-state index >= 15 is 0 Å². The van der Waals surface area contributed by atoms with E-state index in [2.05, 4.69) is 10.2 Å². The Morgan fingerprint density at radius 3 is 2.41 bits per heavy atom. The maximum absolute atomic E-state index is 12.5. The van der Waals surface area contributed by atoms with Crippen molar-refractivity contribution in [2.75, 3.05) is 25.5 Å². The lowest BCUT2D eigenvalue weighted by Gasteiger charge is -2.32. The predicted molar refractivity (Wildman–Crippen MR) is 113 cm³/mol. The number of hydrogen-bond acceptors (Lipinski definition) is 3. The van der Waals surface area contributed by atoms with Gasteiger partial charge in [-0.3, -0.25) is 9.59 Å². The third kappa shape index (κ3) is 4.97. The van der Waals surface area contributed by atoms with E-state index in [9.17, 15) is 9.59 Å². The lowest BCUT2D eigenvalue weighted by atomic mass is 9.89. The Morgan fingerprint density at radius 2 is 1.76 bits per heavy atom. The van der Waals surface area contributed by atoms with Crippen LogP contribution in [-0.2, 0) is 11.2 Å². The number of methoxy groups -OCH3 is 1. The number of likely N-dealkylation sites (tertiary alicyclic amines) is 1. The van der Waals surface area contributed by atoms with Gasteiger partial charge in [0, 0.05) is 36.3 Å². The molecule has 2 aromatic carbocycles. The van der Waals surface area contributed by atoms with Crippen molar-refractivity contribution in [3.8, 4) is 5.75 Å². The molecule has 5 heteroatoms. The SMILES string of the molecule is COc1cccc(NC(=O)c2ccc(CC3CCN(C(=O)C4CC4)CC3)cc2)c1. The number of piperidine rings is 1. The van der Waals surface area contributed by atoms with Crippen molar-refractivity contribution in [3.63, 3.8) is 0 Å². The van der Waals surface area contributed by atoms with Crippen molar-refractivity contribution in [1.29, 1.82) is 0 Å². The van der Waals surface area contributed by atoms with Gasteiger partial charge < -0.3 is 15.0 Å². The minimum Gasteiger partial charge on any atom is -0.497 e. The molecule has 1 saturated carbocycles. The molecule has 2 aromatic rings. The zero-order valence-corrected chi connectivity index (χ0v) is 16.9. The highest BCUT2D eigenvalue weighted by molar-refractivity contribution is 6.04. The van der Waals surface area contributed by atoms with Crippen LogP contribution in [-0.4, -0.2) is 36.9 Å². The van der Waals surface area contributed by atoms with Crippen LogP contribution in [0.2, 0.25) is 0 Å². The quantitative estimate of drug-likeness (QED) is 0.804. The summed E-state index contributed by atoms with van der Waals surface area (Å²) < 4.78 is 5.19. The van der Waals surface area contributed by atoms with Crippen molar-refractivity contribution in [1.82, 2.24) is 4.90 Å². The van der Waals surface area contributed by atoms with Crippen molar-refractivity contribution in [3.05, 3.63) is 59.7 Å². The Labute approximate surface area is 172 Å². The molecule has 1 aliphatic heterocycles. The first-order chi connectivity index (χ1) is 14.1. The third-order valence-electron chi connectivity index (χ3n) is 5.92. The average Bonchev–Trinajstić information content (AvgIpc) is 3.60. The summed E-state index contributed by atoms with van der Waals surface area (Å²) in [5, 5.41) is 2.91. The zero-order chi connectivity index (χ0) is 20.2. The summed E-state index contributed by atoms with van der Waals surface area (Å²) in [6, 6.07) is 15.2. The fourth-order valence-electron chi connectivity index (χ4n) is 3.98. The van der Waals surface area contributed by atoms with E-state index in [0.29, 0.717) is 34.7 Å². The maximum atomic E-state index is 12.5. The predicted octanol–water partition coefficient (Wildman–Crippen LogP) is 4.14. The van der Waals surface area contributed by atoms with E-state index in [-0.39, 0.29) is 5.91 Å². The highest BCUT2D eigenvalue weighted by Gasteiger charge is 2.34. The van der Waals surface area contributed by atoms with Gasteiger partial charge in [0.15, 0.2) is 0 Å². The minimum atomic E-state index is -0.128. The summed E-state index contributed by atoms with van der Waals surface area (Å²) in [4.78, 5) is 26.7. The Kier molecular flexibility index (Phi) is 5.84. The second kappa shape index (κ2) is 8.68. The number of nitrogens with zero attached hydrogens (tertiary/aromatic N) is 1. The molecule has 152 valence electrons. The fraction of sp³-hybridized carbons (Fsp3) is 0.417. The van der Waals surface area contributed by atoms with E-state index in [1.54, 1.807) is 13.2 Å². The topological polar surface area (TPSA) is 58.6 Å². The first-order valence-corrected chi connectivity index (χ1v) is 10.5. The van der Waals surface area contributed by atoms with Crippen LogP contribution < -0.4 is 10.1 Å². The Morgan fingerprint density at radius 1 is 1.03 bits per heavy atom. The lowest BCUT2D eigenvalue weighted by molar-refractivity contribution is -0.133. The van der Waals surface area contributed by atoms with Gasteiger partial charge in [-0.05, 0) is 67.9 Å². The summed E-state index contributed by atoms with van der Waals surface area (Å²) in [6.07, 6.45) is 5.29. The van der Waals surface area contributed by atoms with Crippen molar-refractivity contribution in [2.45, 2.75) is 32.1 Å². The number of rotatable bonds is 6. The van der Waals surface area contributed by atoms with E-state index < -0.39 is 0 Å². The summed E-state index contributed by atoms with van der Waals surface area (Å²) in [5.74, 6) is 1.88. The smallest absolute Gasteiger partial charge is 0.255 e. The molecule has 0 aromatic heterocycles. The maximum Gasteiger partial charge on any atom is 0.255 e. The summed E-state index contributed by atoms with van der Waals surface area (Å²) in [6.45, 7) is 1.78. The molecule has 5 nitrogen and oxygen atoms in total. The molecule has 2 fully saturated rings. The molecular formula is C24H28N2O3. The van der Waals surface area contributed by atoms with Crippen LogP contribution in [0, 0.1) is 11.8 Å². The Hall–Kier alpha value is -2.82. The summed E-state index contributed by atoms with van der Waals surface area (Å²) in [7, 11) is 1.61. The third-order valence-corrected chi connectivity index (χ3v) is 5.92.